The molecule has 0 saturated carbocycles. The molecule has 5 heteroatoms. The summed E-state index contributed by atoms with van der Waals surface area (Å²) in [5.74, 6) is -0.0686. The largest absolute Gasteiger partial charge is 0.379 e. The van der Waals surface area contributed by atoms with Crippen LogP contribution in [0.1, 0.15) is 10.4 Å². The topological polar surface area (TPSA) is 41.6 Å². The van der Waals surface area contributed by atoms with Gasteiger partial charge >= 0.3 is 0 Å². The number of nitrogens with one attached hydrogen (secondary N) is 1. The maximum absolute atomic E-state index is 12.5. The van der Waals surface area contributed by atoms with Crippen molar-refractivity contribution in [2.75, 3.05) is 26.3 Å². The summed E-state index contributed by atoms with van der Waals surface area (Å²) >= 11 is 1.60. The summed E-state index contributed by atoms with van der Waals surface area (Å²) in [6.07, 6.45) is 0. The summed E-state index contributed by atoms with van der Waals surface area (Å²) in [4.78, 5) is 14.6. The zero-order chi connectivity index (χ0) is 15.2. The van der Waals surface area contributed by atoms with Gasteiger partial charge in [-0.3, -0.25) is 10.2 Å². The summed E-state index contributed by atoms with van der Waals surface area (Å²) in [5.41, 5.74) is 3.66. The monoisotopic (exact) mass is 314 g/mol. The molecule has 1 amide bonds. The fourth-order valence-corrected chi connectivity index (χ4v) is 3.20. The Morgan fingerprint density at radius 2 is 1.68 bits per heavy atom. The highest BCUT2D eigenvalue weighted by Crippen LogP contribution is 2.30. The Morgan fingerprint density at radius 1 is 1.00 bits per heavy atom. The van der Waals surface area contributed by atoms with Gasteiger partial charge in [0.2, 0.25) is 0 Å². The maximum atomic E-state index is 12.5. The maximum Gasteiger partial charge on any atom is 0.266 e. The van der Waals surface area contributed by atoms with Crippen LogP contribution in [0.5, 0.6) is 0 Å². The van der Waals surface area contributed by atoms with E-state index < -0.39 is 0 Å². The Balaban J connectivity index is 1.74. The van der Waals surface area contributed by atoms with Crippen LogP contribution in [0.3, 0.4) is 0 Å². The fraction of sp³-hybridized carbons (Fsp3) is 0.235. The first-order valence-corrected chi connectivity index (χ1v) is 8.10. The van der Waals surface area contributed by atoms with Gasteiger partial charge in [0.05, 0.1) is 18.8 Å². The Labute approximate surface area is 134 Å². The molecule has 0 aromatic heterocycles. The number of hydrazine groups is 1. The average molecular weight is 314 g/mol. The number of hydrogen-bond acceptors (Lipinski definition) is 4. The minimum Gasteiger partial charge on any atom is -0.379 e. The standard InChI is InChI=1S/C17H18N2O2S/c20-17(18-19-10-12-21-13-11-19)15-8-4-5-9-16(15)22-14-6-2-1-3-7-14/h1-9H,10-13H2,(H,18,20). The molecule has 114 valence electrons. The second kappa shape index (κ2) is 7.45. The second-order valence-corrected chi connectivity index (χ2v) is 6.07. The van der Waals surface area contributed by atoms with Crippen molar-refractivity contribution in [2.24, 2.45) is 0 Å². The Kier molecular flexibility index (Phi) is 5.11. The molecule has 1 heterocycles. The second-order valence-electron chi connectivity index (χ2n) is 4.95. The quantitative estimate of drug-likeness (QED) is 0.942. The molecule has 1 fully saturated rings. The van der Waals surface area contributed by atoms with Crippen molar-refractivity contribution in [1.29, 1.82) is 0 Å². The lowest BCUT2D eigenvalue weighted by molar-refractivity contribution is 0.0125. The van der Waals surface area contributed by atoms with Crippen LogP contribution in [0.15, 0.2) is 64.4 Å². The average Bonchev–Trinajstić information content (AvgIpc) is 2.57. The van der Waals surface area contributed by atoms with Gasteiger partial charge in [-0.1, -0.05) is 42.1 Å². The summed E-state index contributed by atoms with van der Waals surface area (Å²) in [5, 5.41) is 1.91. The highest BCUT2D eigenvalue weighted by atomic mass is 32.2. The molecule has 2 aromatic carbocycles. The van der Waals surface area contributed by atoms with Gasteiger partial charge in [0.15, 0.2) is 0 Å². The van der Waals surface area contributed by atoms with Crippen molar-refractivity contribution in [1.82, 2.24) is 10.4 Å². The summed E-state index contributed by atoms with van der Waals surface area (Å²) in [7, 11) is 0. The highest BCUT2D eigenvalue weighted by molar-refractivity contribution is 7.99. The van der Waals surface area contributed by atoms with Crippen LogP contribution in [-0.2, 0) is 4.74 Å². The van der Waals surface area contributed by atoms with E-state index in [-0.39, 0.29) is 5.91 Å². The zero-order valence-electron chi connectivity index (χ0n) is 12.2. The molecule has 2 aromatic rings. The summed E-state index contributed by atoms with van der Waals surface area (Å²) in [6.45, 7) is 2.75. The van der Waals surface area contributed by atoms with E-state index in [4.69, 9.17) is 4.74 Å². The van der Waals surface area contributed by atoms with Gasteiger partial charge in [0.1, 0.15) is 0 Å². The Morgan fingerprint density at radius 3 is 2.45 bits per heavy atom. The molecule has 0 bridgehead atoms. The smallest absolute Gasteiger partial charge is 0.266 e. The van der Waals surface area contributed by atoms with E-state index in [1.165, 1.54) is 0 Å². The van der Waals surface area contributed by atoms with E-state index in [0.717, 1.165) is 22.9 Å². The molecule has 0 unspecified atom stereocenters. The number of benzene rings is 2. The molecular weight excluding hydrogens is 296 g/mol. The first-order valence-electron chi connectivity index (χ1n) is 7.28. The van der Waals surface area contributed by atoms with Gasteiger partial charge in [0, 0.05) is 22.9 Å². The first kappa shape index (κ1) is 15.1. The molecule has 0 atom stereocenters. The lowest BCUT2D eigenvalue weighted by Crippen LogP contribution is -2.48. The fourth-order valence-electron chi connectivity index (χ4n) is 2.24. The van der Waals surface area contributed by atoms with Gasteiger partial charge in [-0.15, -0.1) is 0 Å². The third kappa shape index (κ3) is 3.88. The number of morpholine rings is 1. The molecule has 22 heavy (non-hydrogen) atoms. The van der Waals surface area contributed by atoms with Gasteiger partial charge < -0.3 is 4.74 Å². The molecule has 0 spiro atoms. The van der Waals surface area contributed by atoms with Gasteiger partial charge in [-0.05, 0) is 24.3 Å². The predicted octanol–water partition coefficient (Wildman–Crippen LogP) is 2.81. The molecule has 0 aliphatic carbocycles. The lowest BCUT2D eigenvalue weighted by Gasteiger charge is -2.27. The normalized spacial score (nSPS) is 15.5. The van der Waals surface area contributed by atoms with Crippen molar-refractivity contribution in [3.8, 4) is 0 Å². The van der Waals surface area contributed by atoms with E-state index in [1.54, 1.807) is 11.8 Å². The van der Waals surface area contributed by atoms with E-state index >= 15 is 0 Å². The Bertz CT molecular complexity index is 628. The van der Waals surface area contributed by atoms with Crippen LogP contribution < -0.4 is 5.43 Å². The molecule has 3 rings (SSSR count). The van der Waals surface area contributed by atoms with Gasteiger partial charge in [-0.2, -0.15) is 0 Å². The van der Waals surface area contributed by atoms with E-state index in [0.29, 0.717) is 18.8 Å². The number of amides is 1. The van der Waals surface area contributed by atoms with Crippen molar-refractivity contribution < 1.29 is 9.53 Å². The van der Waals surface area contributed by atoms with E-state index in [9.17, 15) is 4.79 Å². The van der Waals surface area contributed by atoms with Crippen LogP contribution in [-0.4, -0.2) is 37.2 Å². The third-order valence-corrected chi connectivity index (χ3v) is 4.46. The summed E-state index contributed by atoms with van der Waals surface area (Å²) < 4.78 is 5.29. The minimum absolute atomic E-state index is 0.0686. The number of ether oxygens (including phenoxy) is 1. The van der Waals surface area contributed by atoms with Gasteiger partial charge in [0.25, 0.3) is 5.91 Å². The van der Waals surface area contributed by atoms with Crippen molar-refractivity contribution in [3.05, 3.63) is 60.2 Å². The summed E-state index contributed by atoms with van der Waals surface area (Å²) in [6, 6.07) is 17.8. The third-order valence-electron chi connectivity index (χ3n) is 3.37. The van der Waals surface area contributed by atoms with Gasteiger partial charge in [-0.25, -0.2) is 5.01 Å². The minimum atomic E-state index is -0.0686. The number of rotatable bonds is 4. The van der Waals surface area contributed by atoms with Crippen molar-refractivity contribution in [3.63, 3.8) is 0 Å². The number of hydrogen-bond donors (Lipinski definition) is 1. The molecule has 0 radical (unpaired) electrons. The van der Waals surface area contributed by atoms with Crippen LogP contribution in [0.4, 0.5) is 0 Å². The molecule has 1 N–H and O–H groups in total. The van der Waals surface area contributed by atoms with E-state index in [1.807, 2.05) is 59.6 Å². The molecule has 1 aliphatic rings. The van der Waals surface area contributed by atoms with Crippen molar-refractivity contribution in [2.45, 2.75) is 9.79 Å². The van der Waals surface area contributed by atoms with Crippen LogP contribution in [0.2, 0.25) is 0 Å². The van der Waals surface area contributed by atoms with Crippen LogP contribution in [0, 0.1) is 0 Å². The SMILES string of the molecule is O=C(NN1CCOCC1)c1ccccc1Sc1ccccc1. The number of nitrogens with zero attached hydrogens (tertiary/aromatic N) is 1. The highest BCUT2D eigenvalue weighted by Gasteiger charge is 2.17. The van der Waals surface area contributed by atoms with Crippen molar-refractivity contribution >= 4 is 17.7 Å². The van der Waals surface area contributed by atoms with Crippen LogP contribution in [0.25, 0.3) is 0 Å². The zero-order valence-corrected chi connectivity index (χ0v) is 13.0. The van der Waals surface area contributed by atoms with E-state index in [2.05, 4.69) is 5.43 Å². The lowest BCUT2D eigenvalue weighted by atomic mass is 10.2. The predicted molar refractivity (Wildman–Crippen MR) is 86.9 cm³/mol. The Hall–Kier alpha value is -1.82. The number of carbonyl (C=O) groups excluding carboxylic acids is 1. The molecular formula is C17H18N2O2S. The molecule has 1 aliphatic heterocycles. The first-order chi connectivity index (χ1) is 10.8. The molecule has 1 saturated heterocycles. The van der Waals surface area contributed by atoms with Crippen LogP contribution >= 0.6 is 11.8 Å². The molecule has 4 nitrogen and oxygen atoms in total. The number of carbonyl (C=O) groups is 1.